The van der Waals surface area contributed by atoms with Crippen LogP contribution in [0.15, 0.2) is 34.9 Å². The second-order valence-electron chi connectivity index (χ2n) is 5.13. The Labute approximate surface area is 120 Å². The molecule has 0 aliphatic heterocycles. The highest BCUT2D eigenvalue weighted by atomic mass is 79.9. The molecule has 0 fully saturated rings. The normalized spacial score (nSPS) is 11.4. The number of ether oxygens (including phenoxy) is 1. The van der Waals surface area contributed by atoms with E-state index in [4.69, 9.17) is 4.74 Å². The van der Waals surface area contributed by atoms with Gasteiger partial charge in [0, 0.05) is 21.4 Å². The van der Waals surface area contributed by atoms with Gasteiger partial charge in [0.05, 0.1) is 0 Å². The maximum absolute atomic E-state index is 11.8. The van der Waals surface area contributed by atoms with Gasteiger partial charge in [0.1, 0.15) is 11.4 Å². The molecule has 1 aromatic carbocycles. The number of halogens is 1. The fourth-order valence-corrected chi connectivity index (χ4v) is 2.11. The highest BCUT2D eigenvalue weighted by Crippen LogP contribution is 2.28. The van der Waals surface area contributed by atoms with Crippen LogP contribution in [0.4, 0.5) is 10.6 Å². The quantitative estimate of drug-likeness (QED) is 0.849. The van der Waals surface area contributed by atoms with E-state index in [9.17, 15) is 4.79 Å². The van der Waals surface area contributed by atoms with Gasteiger partial charge < -0.3 is 4.74 Å². The van der Waals surface area contributed by atoms with Gasteiger partial charge in [-0.2, -0.15) is 0 Å². The van der Waals surface area contributed by atoms with Crippen LogP contribution < -0.4 is 5.32 Å². The van der Waals surface area contributed by atoms with Crippen LogP contribution >= 0.6 is 15.9 Å². The molecule has 0 spiro atoms. The zero-order valence-corrected chi connectivity index (χ0v) is 12.6. The highest BCUT2D eigenvalue weighted by molar-refractivity contribution is 9.10. The molecular weight excluding hydrogens is 308 g/mol. The zero-order valence-electron chi connectivity index (χ0n) is 11.0. The van der Waals surface area contributed by atoms with Gasteiger partial charge in [-0.15, -0.1) is 0 Å². The molecule has 0 bridgehead atoms. The van der Waals surface area contributed by atoms with Crippen LogP contribution in [0.2, 0.25) is 0 Å². The lowest BCUT2D eigenvalue weighted by Gasteiger charge is -2.19. The van der Waals surface area contributed by atoms with Crippen LogP contribution in [-0.2, 0) is 4.74 Å². The summed E-state index contributed by atoms with van der Waals surface area (Å²) in [5, 5.41) is 4.53. The van der Waals surface area contributed by atoms with Crippen molar-refractivity contribution in [1.82, 2.24) is 4.98 Å². The van der Waals surface area contributed by atoms with Gasteiger partial charge in [-0.25, -0.2) is 9.78 Å². The van der Waals surface area contributed by atoms with Crippen molar-refractivity contribution >= 4 is 38.6 Å². The van der Waals surface area contributed by atoms with Gasteiger partial charge in [0.2, 0.25) is 0 Å². The Morgan fingerprint density at radius 1 is 1.26 bits per heavy atom. The van der Waals surface area contributed by atoms with Crippen molar-refractivity contribution in [3.63, 3.8) is 0 Å². The SMILES string of the molecule is CC(C)(C)OC(=O)Nc1ncc(Br)c2ccccc12. The van der Waals surface area contributed by atoms with Crippen LogP contribution in [-0.4, -0.2) is 16.7 Å². The van der Waals surface area contributed by atoms with Gasteiger partial charge >= 0.3 is 6.09 Å². The molecule has 2 aromatic rings. The van der Waals surface area contributed by atoms with Gasteiger partial charge in [0.15, 0.2) is 0 Å². The number of amides is 1. The minimum absolute atomic E-state index is 0.494. The molecule has 0 saturated carbocycles. The maximum atomic E-state index is 11.8. The number of nitrogens with zero attached hydrogens (tertiary/aromatic N) is 1. The maximum Gasteiger partial charge on any atom is 0.413 e. The predicted molar refractivity (Wildman–Crippen MR) is 79.3 cm³/mol. The Morgan fingerprint density at radius 3 is 2.53 bits per heavy atom. The Hall–Kier alpha value is -1.62. The summed E-state index contributed by atoms with van der Waals surface area (Å²) in [6.07, 6.45) is 1.15. The first-order valence-corrected chi connectivity index (χ1v) is 6.69. The summed E-state index contributed by atoms with van der Waals surface area (Å²) in [4.78, 5) is 16.0. The van der Waals surface area contributed by atoms with Crippen molar-refractivity contribution in [2.45, 2.75) is 26.4 Å². The lowest BCUT2D eigenvalue weighted by Crippen LogP contribution is -2.27. The number of hydrogen-bond acceptors (Lipinski definition) is 3. The third-order valence-electron chi connectivity index (χ3n) is 2.37. The number of benzene rings is 1. The molecule has 0 aliphatic carbocycles. The molecule has 0 aliphatic rings. The van der Waals surface area contributed by atoms with E-state index in [0.29, 0.717) is 5.82 Å². The average molecular weight is 323 g/mol. The molecule has 1 amide bonds. The molecule has 1 aromatic heterocycles. The van der Waals surface area contributed by atoms with Gasteiger partial charge in [0.25, 0.3) is 0 Å². The second-order valence-corrected chi connectivity index (χ2v) is 5.98. The number of aromatic nitrogens is 1. The van der Waals surface area contributed by atoms with Crippen molar-refractivity contribution in [2.75, 3.05) is 5.32 Å². The van der Waals surface area contributed by atoms with Crippen LogP contribution in [0.25, 0.3) is 10.8 Å². The van der Waals surface area contributed by atoms with E-state index >= 15 is 0 Å². The molecule has 100 valence electrons. The Morgan fingerprint density at radius 2 is 1.89 bits per heavy atom. The van der Waals surface area contributed by atoms with E-state index in [-0.39, 0.29) is 0 Å². The summed E-state index contributed by atoms with van der Waals surface area (Å²) < 4.78 is 6.11. The van der Waals surface area contributed by atoms with E-state index in [0.717, 1.165) is 15.2 Å². The van der Waals surface area contributed by atoms with Crippen LogP contribution in [0.5, 0.6) is 0 Å². The Balaban J connectivity index is 2.31. The van der Waals surface area contributed by atoms with Crippen molar-refractivity contribution in [1.29, 1.82) is 0 Å². The molecule has 0 saturated heterocycles. The number of carbonyl (C=O) groups is 1. The average Bonchev–Trinajstić information content (AvgIpc) is 2.31. The van der Waals surface area contributed by atoms with E-state index < -0.39 is 11.7 Å². The largest absolute Gasteiger partial charge is 0.444 e. The summed E-state index contributed by atoms with van der Waals surface area (Å²) in [7, 11) is 0. The minimum atomic E-state index is -0.532. The van der Waals surface area contributed by atoms with E-state index in [2.05, 4.69) is 26.2 Å². The van der Waals surface area contributed by atoms with Crippen LogP contribution in [0.1, 0.15) is 20.8 Å². The van der Waals surface area contributed by atoms with Crippen molar-refractivity contribution in [2.24, 2.45) is 0 Å². The summed E-state index contributed by atoms with van der Waals surface area (Å²) in [5.41, 5.74) is -0.532. The number of fused-ring (bicyclic) bond motifs is 1. The number of nitrogens with one attached hydrogen (secondary N) is 1. The lowest BCUT2D eigenvalue weighted by atomic mass is 10.1. The topological polar surface area (TPSA) is 51.2 Å². The lowest BCUT2D eigenvalue weighted by molar-refractivity contribution is 0.0635. The minimum Gasteiger partial charge on any atom is -0.444 e. The second kappa shape index (κ2) is 5.17. The third-order valence-corrected chi connectivity index (χ3v) is 3.00. The van der Waals surface area contributed by atoms with E-state index in [1.165, 1.54) is 0 Å². The first-order valence-electron chi connectivity index (χ1n) is 5.90. The van der Waals surface area contributed by atoms with Gasteiger partial charge in [-0.05, 0) is 36.7 Å². The molecule has 1 N–H and O–H groups in total. The molecule has 0 atom stereocenters. The van der Waals surface area contributed by atoms with E-state index in [1.54, 1.807) is 6.20 Å². The molecule has 0 unspecified atom stereocenters. The van der Waals surface area contributed by atoms with E-state index in [1.807, 2.05) is 45.0 Å². The summed E-state index contributed by atoms with van der Waals surface area (Å²) >= 11 is 3.44. The van der Waals surface area contributed by atoms with Crippen LogP contribution in [0, 0.1) is 0 Å². The molecule has 2 rings (SSSR count). The first kappa shape index (κ1) is 13.8. The Kier molecular flexibility index (Phi) is 3.75. The van der Waals surface area contributed by atoms with Crippen LogP contribution in [0.3, 0.4) is 0 Å². The fraction of sp³-hybridized carbons (Fsp3) is 0.286. The Bertz CT molecular complexity index is 620. The van der Waals surface area contributed by atoms with Crippen molar-refractivity contribution < 1.29 is 9.53 Å². The number of carbonyl (C=O) groups excluding carboxylic acids is 1. The van der Waals surface area contributed by atoms with Crippen molar-refractivity contribution in [3.05, 3.63) is 34.9 Å². The number of anilines is 1. The van der Waals surface area contributed by atoms with Crippen molar-refractivity contribution in [3.8, 4) is 0 Å². The smallest absolute Gasteiger partial charge is 0.413 e. The molecule has 1 heterocycles. The number of rotatable bonds is 1. The fourth-order valence-electron chi connectivity index (χ4n) is 1.66. The standard InChI is InChI=1S/C14H15BrN2O2/c1-14(2,3)19-13(18)17-12-10-7-5-4-6-9(10)11(15)8-16-12/h4-8H,1-3H3,(H,16,17,18). The molecular formula is C14H15BrN2O2. The zero-order chi connectivity index (χ0) is 14.0. The van der Waals surface area contributed by atoms with Gasteiger partial charge in [-0.1, -0.05) is 24.3 Å². The molecule has 0 radical (unpaired) electrons. The molecule has 4 nitrogen and oxygen atoms in total. The first-order chi connectivity index (χ1) is 8.87. The summed E-state index contributed by atoms with van der Waals surface area (Å²) in [6.45, 7) is 5.46. The number of pyridine rings is 1. The monoisotopic (exact) mass is 322 g/mol. The predicted octanol–water partition coefficient (Wildman–Crippen LogP) is 4.34. The van der Waals surface area contributed by atoms with Gasteiger partial charge in [-0.3, -0.25) is 5.32 Å². The highest BCUT2D eigenvalue weighted by Gasteiger charge is 2.17. The molecule has 5 heteroatoms. The number of hydrogen-bond donors (Lipinski definition) is 1. The molecule has 19 heavy (non-hydrogen) atoms. The summed E-state index contributed by atoms with van der Waals surface area (Å²) in [6, 6.07) is 7.70. The summed E-state index contributed by atoms with van der Waals surface area (Å²) in [5.74, 6) is 0.494. The third kappa shape index (κ3) is 3.44.